The zero-order chi connectivity index (χ0) is 16.5. The van der Waals surface area contributed by atoms with E-state index in [0.29, 0.717) is 37.2 Å². The molecule has 0 heterocycles. The molecule has 0 aromatic heterocycles. The highest BCUT2D eigenvalue weighted by molar-refractivity contribution is 14.0. The molecule has 7 heteroatoms. The Morgan fingerprint density at radius 2 is 1.67 bits per heavy atom. The summed E-state index contributed by atoms with van der Waals surface area (Å²) in [6.07, 6.45) is 0. The van der Waals surface area contributed by atoms with Crippen molar-refractivity contribution >= 4 is 29.9 Å². The van der Waals surface area contributed by atoms with Gasteiger partial charge < -0.3 is 20.5 Å². The fourth-order valence-corrected chi connectivity index (χ4v) is 1.82. The van der Waals surface area contributed by atoms with Gasteiger partial charge in [0.15, 0.2) is 5.96 Å². The van der Waals surface area contributed by atoms with Crippen molar-refractivity contribution in [3.8, 4) is 11.5 Å². The fraction of sp³-hybridized carbons (Fsp3) is 0.235. The second kappa shape index (κ2) is 10.8. The smallest absolute Gasteiger partial charge is 0.188 e. The molecule has 0 spiro atoms. The maximum atomic E-state index is 12.8. The molecule has 0 fully saturated rings. The number of hydrogen-bond donors (Lipinski definition) is 2. The van der Waals surface area contributed by atoms with E-state index in [1.165, 1.54) is 12.1 Å². The summed E-state index contributed by atoms with van der Waals surface area (Å²) in [5.74, 6) is 1.36. The SMILES string of the molecule is COCCNC(N)=NCc1ccc(Oc2ccc(F)cc2)cc1.I. The standard InChI is InChI=1S/C17H20FN3O2.HI/c1-22-11-10-20-17(19)21-12-13-2-6-15(7-3-13)23-16-8-4-14(18)5-9-16;/h2-9H,10-12H2,1H3,(H3,19,20,21);1H. The molecule has 0 aliphatic carbocycles. The molecule has 5 nitrogen and oxygen atoms in total. The Kier molecular flexibility index (Phi) is 9.10. The Labute approximate surface area is 158 Å². The first kappa shape index (κ1) is 20.2. The predicted molar refractivity (Wildman–Crippen MR) is 104 cm³/mol. The summed E-state index contributed by atoms with van der Waals surface area (Å²) in [4.78, 5) is 4.23. The molecule has 130 valence electrons. The van der Waals surface area contributed by atoms with Crippen LogP contribution in [0.15, 0.2) is 53.5 Å². The minimum absolute atomic E-state index is 0. The van der Waals surface area contributed by atoms with Crippen molar-refractivity contribution in [2.45, 2.75) is 6.54 Å². The number of methoxy groups -OCH3 is 1. The van der Waals surface area contributed by atoms with Gasteiger partial charge in [-0.05, 0) is 42.0 Å². The molecule has 0 radical (unpaired) electrons. The molecule has 2 aromatic rings. The molecular weight excluding hydrogens is 424 g/mol. The first-order valence-electron chi connectivity index (χ1n) is 7.22. The van der Waals surface area contributed by atoms with Gasteiger partial charge in [0.1, 0.15) is 17.3 Å². The third kappa shape index (κ3) is 7.14. The maximum absolute atomic E-state index is 12.8. The van der Waals surface area contributed by atoms with Crippen LogP contribution < -0.4 is 15.8 Å². The molecular formula is C17H21FIN3O2. The third-order valence-electron chi connectivity index (χ3n) is 3.02. The van der Waals surface area contributed by atoms with E-state index in [4.69, 9.17) is 15.2 Å². The number of nitrogens with zero attached hydrogens (tertiary/aromatic N) is 1. The quantitative estimate of drug-likeness (QED) is 0.297. The zero-order valence-electron chi connectivity index (χ0n) is 13.4. The largest absolute Gasteiger partial charge is 0.457 e. The zero-order valence-corrected chi connectivity index (χ0v) is 15.7. The lowest BCUT2D eigenvalue weighted by Gasteiger charge is -2.07. The number of rotatable bonds is 7. The highest BCUT2D eigenvalue weighted by Gasteiger charge is 1.99. The fourth-order valence-electron chi connectivity index (χ4n) is 1.82. The number of aliphatic imine (C=N–C) groups is 1. The topological polar surface area (TPSA) is 68.9 Å². The van der Waals surface area contributed by atoms with Gasteiger partial charge in [0, 0.05) is 13.7 Å². The predicted octanol–water partition coefficient (Wildman–Crippen LogP) is 3.29. The third-order valence-corrected chi connectivity index (χ3v) is 3.02. The molecule has 0 bridgehead atoms. The van der Waals surface area contributed by atoms with Gasteiger partial charge in [-0.25, -0.2) is 9.38 Å². The highest BCUT2D eigenvalue weighted by Crippen LogP contribution is 2.21. The van der Waals surface area contributed by atoms with Gasteiger partial charge >= 0.3 is 0 Å². The van der Waals surface area contributed by atoms with E-state index in [9.17, 15) is 4.39 Å². The number of ether oxygens (including phenoxy) is 2. The molecule has 0 saturated heterocycles. The van der Waals surface area contributed by atoms with Gasteiger partial charge in [-0.1, -0.05) is 12.1 Å². The number of hydrogen-bond acceptors (Lipinski definition) is 3. The number of nitrogens with two attached hydrogens (primary N) is 1. The molecule has 2 aromatic carbocycles. The van der Waals surface area contributed by atoms with Crippen LogP contribution in [0.1, 0.15) is 5.56 Å². The van der Waals surface area contributed by atoms with Crippen molar-refractivity contribution in [1.82, 2.24) is 5.32 Å². The molecule has 3 N–H and O–H groups in total. The van der Waals surface area contributed by atoms with Crippen molar-refractivity contribution in [3.05, 3.63) is 59.9 Å². The van der Waals surface area contributed by atoms with E-state index in [0.717, 1.165) is 5.56 Å². The van der Waals surface area contributed by atoms with E-state index in [2.05, 4.69) is 10.3 Å². The van der Waals surface area contributed by atoms with Crippen LogP contribution in [0.4, 0.5) is 4.39 Å². The maximum Gasteiger partial charge on any atom is 0.188 e. The first-order valence-corrected chi connectivity index (χ1v) is 7.22. The van der Waals surface area contributed by atoms with Gasteiger partial charge in [-0.3, -0.25) is 0 Å². The van der Waals surface area contributed by atoms with Crippen molar-refractivity contribution in [2.75, 3.05) is 20.3 Å². The molecule has 24 heavy (non-hydrogen) atoms. The lowest BCUT2D eigenvalue weighted by Crippen LogP contribution is -2.34. The van der Waals surface area contributed by atoms with Gasteiger partial charge in [-0.15, -0.1) is 24.0 Å². The van der Waals surface area contributed by atoms with E-state index < -0.39 is 0 Å². The van der Waals surface area contributed by atoms with Crippen LogP contribution in [0.25, 0.3) is 0 Å². The molecule has 2 rings (SSSR count). The molecule has 0 amide bonds. The number of guanidine groups is 1. The molecule has 0 saturated carbocycles. The Hall–Kier alpha value is -1.87. The lowest BCUT2D eigenvalue weighted by molar-refractivity contribution is 0.204. The van der Waals surface area contributed by atoms with Gasteiger partial charge in [0.2, 0.25) is 0 Å². The summed E-state index contributed by atoms with van der Waals surface area (Å²) >= 11 is 0. The van der Waals surface area contributed by atoms with Crippen molar-refractivity contribution in [3.63, 3.8) is 0 Å². The van der Waals surface area contributed by atoms with E-state index >= 15 is 0 Å². The van der Waals surface area contributed by atoms with Crippen LogP contribution in [0.3, 0.4) is 0 Å². The Balaban J connectivity index is 0.00000288. The van der Waals surface area contributed by atoms with Crippen molar-refractivity contribution < 1.29 is 13.9 Å². The van der Waals surface area contributed by atoms with Crippen molar-refractivity contribution in [1.29, 1.82) is 0 Å². The summed E-state index contributed by atoms with van der Waals surface area (Å²) < 4.78 is 23.4. The molecule has 0 atom stereocenters. The van der Waals surface area contributed by atoms with E-state index in [1.54, 1.807) is 19.2 Å². The average molecular weight is 445 g/mol. The van der Waals surface area contributed by atoms with Crippen LogP contribution in [-0.2, 0) is 11.3 Å². The normalized spacial score (nSPS) is 10.8. The molecule has 0 aliphatic rings. The van der Waals surface area contributed by atoms with E-state index in [1.807, 2.05) is 24.3 Å². The Morgan fingerprint density at radius 3 is 2.25 bits per heavy atom. The number of benzene rings is 2. The van der Waals surface area contributed by atoms with Gasteiger partial charge in [0.05, 0.1) is 13.2 Å². The minimum Gasteiger partial charge on any atom is -0.457 e. The molecule has 0 aliphatic heterocycles. The minimum atomic E-state index is -0.290. The average Bonchev–Trinajstić information content (AvgIpc) is 2.57. The number of nitrogens with one attached hydrogen (secondary N) is 1. The lowest BCUT2D eigenvalue weighted by atomic mass is 10.2. The summed E-state index contributed by atoms with van der Waals surface area (Å²) in [6.45, 7) is 1.67. The monoisotopic (exact) mass is 445 g/mol. The van der Waals surface area contributed by atoms with Crippen LogP contribution in [0.5, 0.6) is 11.5 Å². The van der Waals surface area contributed by atoms with Crippen LogP contribution in [0, 0.1) is 5.82 Å². The second-order valence-electron chi connectivity index (χ2n) is 4.82. The summed E-state index contributed by atoms with van der Waals surface area (Å²) in [7, 11) is 1.63. The van der Waals surface area contributed by atoms with Crippen LogP contribution in [-0.4, -0.2) is 26.2 Å². The van der Waals surface area contributed by atoms with Crippen molar-refractivity contribution in [2.24, 2.45) is 10.7 Å². The van der Waals surface area contributed by atoms with Gasteiger partial charge in [-0.2, -0.15) is 0 Å². The summed E-state index contributed by atoms with van der Waals surface area (Å²) in [5.41, 5.74) is 6.74. The van der Waals surface area contributed by atoms with Crippen LogP contribution >= 0.6 is 24.0 Å². The Bertz CT molecular complexity index is 633. The van der Waals surface area contributed by atoms with Crippen LogP contribution in [0.2, 0.25) is 0 Å². The Morgan fingerprint density at radius 1 is 1.08 bits per heavy atom. The molecule has 0 unspecified atom stereocenters. The van der Waals surface area contributed by atoms with Gasteiger partial charge in [0.25, 0.3) is 0 Å². The number of halogens is 2. The second-order valence-corrected chi connectivity index (χ2v) is 4.82. The summed E-state index contributed by atoms with van der Waals surface area (Å²) in [6, 6.07) is 13.4. The first-order chi connectivity index (χ1) is 11.2. The summed E-state index contributed by atoms with van der Waals surface area (Å²) in [5, 5.41) is 2.95. The van der Waals surface area contributed by atoms with E-state index in [-0.39, 0.29) is 29.8 Å². The highest BCUT2D eigenvalue weighted by atomic mass is 127.